The number of carbonyl (C=O) groups is 1. The van der Waals surface area contributed by atoms with Gasteiger partial charge in [0.15, 0.2) is 0 Å². The van der Waals surface area contributed by atoms with E-state index in [4.69, 9.17) is 4.52 Å². The van der Waals surface area contributed by atoms with Crippen LogP contribution in [0.1, 0.15) is 23.4 Å². The van der Waals surface area contributed by atoms with E-state index in [0.29, 0.717) is 6.54 Å². The highest BCUT2D eigenvalue weighted by atomic mass is 35.5. The van der Waals surface area contributed by atoms with Gasteiger partial charge < -0.3 is 9.84 Å². The molecule has 0 saturated carbocycles. The molecule has 19 heavy (non-hydrogen) atoms. The zero-order chi connectivity index (χ0) is 13.0. The zero-order valence-corrected chi connectivity index (χ0v) is 12.0. The molecule has 1 aliphatic rings. The summed E-state index contributed by atoms with van der Waals surface area (Å²) >= 11 is 0. The molecule has 0 spiro atoms. The number of carbonyl (C=O) groups excluding carboxylic acids is 1. The lowest BCUT2D eigenvalue weighted by atomic mass is 10.1. The molecule has 1 aromatic rings. The number of nitrogens with zero attached hydrogens (tertiary/aromatic N) is 1. The van der Waals surface area contributed by atoms with E-state index in [0.717, 1.165) is 36.4 Å². The fourth-order valence-electron chi connectivity index (χ4n) is 2.09. The molecule has 5 nitrogen and oxygen atoms in total. The van der Waals surface area contributed by atoms with Crippen LogP contribution in [0.4, 0.5) is 0 Å². The standard InChI is InChI=1S/C13H19N3O2.ClH/c1-9-11(10(2)18-16-9)5-3-8-15-13(17)12-6-4-7-14-12;/h4,6,12,14H,3,5,7-8H2,1-2H3,(H,15,17);1H. The van der Waals surface area contributed by atoms with Gasteiger partial charge in [0, 0.05) is 18.7 Å². The maximum Gasteiger partial charge on any atom is 0.241 e. The number of hydrogen-bond acceptors (Lipinski definition) is 4. The summed E-state index contributed by atoms with van der Waals surface area (Å²) in [4.78, 5) is 11.7. The van der Waals surface area contributed by atoms with Crippen LogP contribution in [0.2, 0.25) is 0 Å². The number of nitrogens with one attached hydrogen (secondary N) is 2. The molecule has 1 amide bonds. The lowest BCUT2D eigenvalue weighted by Crippen LogP contribution is -2.40. The minimum absolute atomic E-state index is 0. The molecule has 0 bridgehead atoms. The molecular formula is C13H20ClN3O2. The van der Waals surface area contributed by atoms with Crippen LogP contribution in [-0.2, 0) is 11.2 Å². The third-order valence-corrected chi connectivity index (χ3v) is 3.15. The van der Waals surface area contributed by atoms with Gasteiger partial charge in [-0.2, -0.15) is 0 Å². The number of rotatable bonds is 5. The monoisotopic (exact) mass is 285 g/mol. The number of aromatic nitrogens is 1. The molecular weight excluding hydrogens is 266 g/mol. The molecule has 2 heterocycles. The Hall–Kier alpha value is -1.33. The van der Waals surface area contributed by atoms with Crippen LogP contribution in [-0.4, -0.2) is 30.2 Å². The van der Waals surface area contributed by atoms with Crippen molar-refractivity contribution in [1.82, 2.24) is 15.8 Å². The summed E-state index contributed by atoms with van der Waals surface area (Å²) in [6, 6.07) is -0.163. The van der Waals surface area contributed by atoms with Crippen molar-refractivity contribution in [3.8, 4) is 0 Å². The second-order valence-corrected chi connectivity index (χ2v) is 4.51. The van der Waals surface area contributed by atoms with Crippen molar-refractivity contribution >= 4 is 18.3 Å². The first-order valence-corrected chi connectivity index (χ1v) is 6.28. The minimum atomic E-state index is -0.163. The molecule has 0 fully saturated rings. The van der Waals surface area contributed by atoms with Crippen molar-refractivity contribution in [3.05, 3.63) is 29.2 Å². The van der Waals surface area contributed by atoms with Crippen molar-refractivity contribution < 1.29 is 9.32 Å². The van der Waals surface area contributed by atoms with E-state index in [1.54, 1.807) is 0 Å². The van der Waals surface area contributed by atoms with E-state index < -0.39 is 0 Å². The minimum Gasteiger partial charge on any atom is -0.361 e. The molecule has 1 aliphatic heterocycles. The van der Waals surface area contributed by atoms with Gasteiger partial charge >= 0.3 is 0 Å². The van der Waals surface area contributed by atoms with Crippen LogP contribution < -0.4 is 10.6 Å². The molecule has 6 heteroatoms. The predicted molar refractivity (Wildman–Crippen MR) is 75.5 cm³/mol. The number of aryl methyl sites for hydroxylation is 2. The SMILES string of the molecule is Cc1noc(C)c1CCCNC(=O)C1C=CCN1.Cl. The highest BCUT2D eigenvalue weighted by Crippen LogP contribution is 2.13. The summed E-state index contributed by atoms with van der Waals surface area (Å²) in [6.07, 6.45) is 5.64. The Morgan fingerprint density at radius 3 is 2.95 bits per heavy atom. The first kappa shape index (κ1) is 15.7. The summed E-state index contributed by atoms with van der Waals surface area (Å²) < 4.78 is 5.10. The maximum atomic E-state index is 11.7. The van der Waals surface area contributed by atoms with Crippen LogP contribution in [0.3, 0.4) is 0 Å². The summed E-state index contributed by atoms with van der Waals surface area (Å²) in [5.74, 6) is 0.918. The maximum absolute atomic E-state index is 11.7. The number of hydrogen-bond donors (Lipinski definition) is 2. The van der Waals surface area contributed by atoms with Gasteiger partial charge in [-0.05, 0) is 26.7 Å². The summed E-state index contributed by atoms with van der Waals surface area (Å²) in [5.41, 5.74) is 2.10. The van der Waals surface area contributed by atoms with E-state index in [1.807, 2.05) is 26.0 Å². The molecule has 2 rings (SSSR count). The van der Waals surface area contributed by atoms with Crippen molar-refractivity contribution in [2.75, 3.05) is 13.1 Å². The van der Waals surface area contributed by atoms with Crippen molar-refractivity contribution in [1.29, 1.82) is 0 Å². The van der Waals surface area contributed by atoms with Crippen LogP contribution in [0.5, 0.6) is 0 Å². The molecule has 106 valence electrons. The molecule has 1 aromatic heterocycles. The molecule has 1 atom stereocenters. The van der Waals surface area contributed by atoms with Crippen LogP contribution >= 0.6 is 12.4 Å². The molecule has 0 aromatic carbocycles. The van der Waals surface area contributed by atoms with Gasteiger partial charge in [-0.25, -0.2) is 0 Å². The summed E-state index contributed by atoms with van der Waals surface area (Å²) in [7, 11) is 0. The van der Waals surface area contributed by atoms with E-state index in [-0.39, 0.29) is 24.4 Å². The Labute approximate surface area is 119 Å². The highest BCUT2D eigenvalue weighted by Gasteiger charge is 2.16. The van der Waals surface area contributed by atoms with Crippen LogP contribution in [0.15, 0.2) is 16.7 Å². The Morgan fingerprint density at radius 2 is 2.37 bits per heavy atom. The fraction of sp³-hybridized carbons (Fsp3) is 0.538. The van der Waals surface area contributed by atoms with Crippen molar-refractivity contribution in [2.24, 2.45) is 0 Å². The largest absolute Gasteiger partial charge is 0.361 e. The second kappa shape index (κ2) is 7.31. The molecule has 2 N–H and O–H groups in total. The van der Waals surface area contributed by atoms with Gasteiger partial charge in [-0.1, -0.05) is 17.3 Å². The van der Waals surface area contributed by atoms with Gasteiger partial charge in [0.05, 0.1) is 5.69 Å². The average molecular weight is 286 g/mol. The first-order valence-electron chi connectivity index (χ1n) is 6.28. The van der Waals surface area contributed by atoms with Crippen LogP contribution in [0, 0.1) is 13.8 Å². The molecule has 0 saturated heterocycles. The quantitative estimate of drug-likeness (QED) is 0.632. The van der Waals surface area contributed by atoms with Gasteiger partial charge in [-0.15, -0.1) is 12.4 Å². The third kappa shape index (κ3) is 4.08. The Kier molecular flexibility index (Phi) is 6.05. The Balaban J connectivity index is 0.00000180. The van der Waals surface area contributed by atoms with Gasteiger partial charge in [0.25, 0.3) is 0 Å². The second-order valence-electron chi connectivity index (χ2n) is 4.51. The zero-order valence-electron chi connectivity index (χ0n) is 11.2. The summed E-state index contributed by atoms with van der Waals surface area (Å²) in [6.45, 7) is 5.31. The van der Waals surface area contributed by atoms with Crippen LogP contribution in [0.25, 0.3) is 0 Å². The Bertz CT molecular complexity index is 437. The number of halogens is 1. The average Bonchev–Trinajstić information content (AvgIpc) is 2.97. The third-order valence-electron chi connectivity index (χ3n) is 3.15. The smallest absolute Gasteiger partial charge is 0.241 e. The van der Waals surface area contributed by atoms with Crippen molar-refractivity contribution in [3.63, 3.8) is 0 Å². The van der Waals surface area contributed by atoms with E-state index >= 15 is 0 Å². The predicted octanol–water partition coefficient (Wildman–Crippen LogP) is 1.29. The van der Waals surface area contributed by atoms with Gasteiger partial charge in [0.2, 0.25) is 5.91 Å². The van der Waals surface area contributed by atoms with E-state index in [9.17, 15) is 4.79 Å². The highest BCUT2D eigenvalue weighted by molar-refractivity contribution is 5.85. The lowest BCUT2D eigenvalue weighted by Gasteiger charge is -2.09. The molecule has 0 radical (unpaired) electrons. The van der Waals surface area contributed by atoms with Crippen molar-refractivity contribution in [2.45, 2.75) is 32.7 Å². The molecule has 0 aliphatic carbocycles. The van der Waals surface area contributed by atoms with Gasteiger partial charge in [-0.3, -0.25) is 10.1 Å². The number of amides is 1. The van der Waals surface area contributed by atoms with E-state index in [1.165, 1.54) is 0 Å². The van der Waals surface area contributed by atoms with E-state index in [2.05, 4.69) is 15.8 Å². The molecule has 1 unspecified atom stereocenters. The Morgan fingerprint density at radius 1 is 1.58 bits per heavy atom. The van der Waals surface area contributed by atoms with Gasteiger partial charge in [0.1, 0.15) is 11.8 Å². The lowest BCUT2D eigenvalue weighted by molar-refractivity contribution is -0.121. The fourth-order valence-corrected chi connectivity index (χ4v) is 2.09. The summed E-state index contributed by atoms with van der Waals surface area (Å²) in [5, 5.41) is 9.91. The first-order chi connectivity index (χ1) is 8.68. The topological polar surface area (TPSA) is 67.2 Å². The normalized spacial score (nSPS) is 17.3.